The van der Waals surface area contributed by atoms with E-state index in [0.717, 1.165) is 22.3 Å². The molecule has 2 N–H and O–H groups in total. The minimum atomic E-state index is -0.925. The molecule has 2 amide bonds. The second-order valence-electron chi connectivity index (χ2n) is 8.94. The lowest BCUT2D eigenvalue weighted by Crippen LogP contribution is -2.49. The Labute approximate surface area is 202 Å². The minimum absolute atomic E-state index is 0.0450. The molecular weight excluding hydrogens is 448 g/mol. The molecule has 1 aliphatic carbocycles. The molecule has 0 saturated carbocycles. The first-order valence-electron chi connectivity index (χ1n) is 11.7. The molecule has 8 heteroatoms. The quantitative estimate of drug-likeness (QED) is 0.541. The Morgan fingerprint density at radius 2 is 1.71 bits per heavy atom. The predicted molar refractivity (Wildman–Crippen MR) is 128 cm³/mol. The van der Waals surface area contributed by atoms with Crippen molar-refractivity contribution in [2.45, 2.75) is 31.7 Å². The van der Waals surface area contributed by atoms with Crippen molar-refractivity contribution < 1.29 is 28.6 Å². The Balaban J connectivity index is 1.27. The van der Waals surface area contributed by atoms with E-state index in [-0.39, 0.29) is 24.0 Å². The molecule has 2 aliphatic rings. The van der Waals surface area contributed by atoms with Gasteiger partial charge in [-0.15, -0.1) is 0 Å². The Morgan fingerprint density at radius 1 is 1.06 bits per heavy atom. The number of fused-ring (bicyclic) bond motifs is 3. The van der Waals surface area contributed by atoms with Crippen molar-refractivity contribution in [3.8, 4) is 11.1 Å². The molecule has 2 atom stereocenters. The summed E-state index contributed by atoms with van der Waals surface area (Å²) >= 11 is 0. The first kappa shape index (κ1) is 22.7. The maximum Gasteiger partial charge on any atom is 0.411 e. The van der Waals surface area contributed by atoms with Crippen molar-refractivity contribution in [1.82, 2.24) is 4.90 Å². The highest BCUT2D eigenvalue weighted by atomic mass is 16.5. The van der Waals surface area contributed by atoms with E-state index in [9.17, 15) is 19.5 Å². The van der Waals surface area contributed by atoms with E-state index in [2.05, 4.69) is 17.4 Å². The monoisotopic (exact) mass is 474 g/mol. The number of ether oxygens (including phenoxy) is 1. The summed E-state index contributed by atoms with van der Waals surface area (Å²) in [6.45, 7) is 2.29. The van der Waals surface area contributed by atoms with Crippen LogP contribution in [0.3, 0.4) is 0 Å². The lowest BCUT2D eigenvalue weighted by molar-refractivity contribution is -0.145. The molecular formula is C27H26N2O6. The van der Waals surface area contributed by atoms with Crippen molar-refractivity contribution in [2.24, 2.45) is 5.92 Å². The second-order valence-corrected chi connectivity index (χ2v) is 8.94. The summed E-state index contributed by atoms with van der Waals surface area (Å²) in [5, 5.41) is 12.1. The zero-order chi connectivity index (χ0) is 24.5. The van der Waals surface area contributed by atoms with Crippen molar-refractivity contribution in [1.29, 1.82) is 0 Å². The molecule has 1 saturated heterocycles. The van der Waals surface area contributed by atoms with Crippen LogP contribution >= 0.6 is 0 Å². The van der Waals surface area contributed by atoms with E-state index in [1.54, 1.807) is 6.92 Å². The number of nitrogens with one attached hydrogen (secondary N) is 1. The number of anilines is 1. The molecule has 5 rings (SSSR count). The SMILES string of the molecule is C[C@H]1[C@@H](C(=O)O)CCCN1C(=O)c1occc1NC(=O)OCC1c2ccccc2-c2ccccc21. The fourth-order valence-electron chi connectivity index (χ4n) is 5.21. The largest absolute Gasteiger partial charge is 0.481 e. The fourth-order valence-corrected chi connectivity index (χ4v) is 5.21. The van der Waals surface area contributed by atoms with E-state index in [1.807, 2.05) is 36.4 Å². The number of benzene rings is 2. The summed E-state index contributed by atoms with van der Waals surface area (Å²) in [7, 11) is 0. The molecule has 0 spiro atoms. The van der Waals surface area contributed by atoms with Crippen LogP contribution in [0.25, 0.3) is 11.1 Å². The van der Waals surface area contributed by atoms with Crippen LogP contribution in [0.4, 0.5) is 10.5 Å². The Morgan fingerprint density at radius 3 is 2.37 bits per heavy atom. The molecule has 2 aromatic carbocycles. The molecule has 1 aromatic heterocycles. The molecule has 1 aliphatic heterocycles. The average molecular weight is 475 g/mol. The van der Waals surface area contributed by atoms with Crippen LogP contribution in [0.15, 0.2) is 65.3 Å². The third-order valence-corrected chi connectivity index (χ3v) is 7.01. The van der Waals surface area contributed by atoms with Crippen molar-refractivity contribution in [2.75, 3.05) is 18.5 Å². The third kappa shape index (κ3) is 4.16. The maximum atomic E-state index is 13.1. The van der Waals surface area contributed by atoms with Gasteiger partial charge in [0.15, 0.2) is 0 Å². The Kier molecular flexibility index (Phi) is 6.03. The van der Waals surface area contributed by atoms with Gasteiger partial charge in [0.05, 0.1) is 17.9 Å². The number of nitrogens with zero attached hydrogens (tertiary/aromatic N) is 1. The Hall–Kier alpha value is -4.07. The van der Waals surface area contributed by atoms with Gasteiger partial charge >= 0.3 is 12.1 Å². The number of aliphatic carboxylic acids is 1. The molecule has 0 unspecified atom stereocenters. The predicted octanol–water partition coefficient (Wildman–Crippen LogP) is 4.97. The smallest absolute Gasteiger partial charge is 0.411 e. The van der Waals surface area contributed by atoms with Gasteiger partial charge in [0.1, 0.15) is 6.61 Å². The standard InChI is InChI=1S/C27H26N2O6/c1-16-17(26(31)32)11-6-13-29(16)25(30)24-23(12-14-34-24)28-27(33)35-15-22-20-9-4-2-7-18(20)19-8-3-5-10-21(19)22/h2-5,7-10,12,14,16-17,22H,6,11,13,15H2,1H3,(H,28,33)(H,31,32)/t16-,17-/m0/s1. The molecule has 0 bridgehead atoms. The zero-order valence-corrected chi connectivity index (χ0v) is 19.3. The first-order valence-corrected chi connectivity index (χ1v) is 11.7. The topological polar surface area (TPSA) is 109 Å². The van der Waals surface area contributed by atoms with Crippen LogP contribution in [0, 0.1) is 5.92 Å². The van der Waals surface area contributed by atoms with E-state index in [4.69, 9.17) is 9.15 Å². The number of hydrogen-bond acceptors (Lipinski definition) is 5. The number of rotatable bonds is 5. The normalized spacial score (nSPS) is 19.1. The summed E-state index contributed by atoms with van der Waals surface area (Å²) in [4.78, 5) is 38.8. The van der Waals surface area contributed by atoms with Crippen LogP contribution in [0.2, 0.25) is 0 Å². The lowest BCUT2D eigenvalue weighted by atomic mass is 9.90. The van der Waals surface area contributed by atoms with Gasteiger partial charge < -0.3 is 19.2 Å². The van der Waals surface area contributed by atoms with Gasteiger partial charge in [-0.3, -0.25) is 14.9 Å². The number of carboxylic acid groups (broad SMARTS) is 1. The maximum absolute atomic E-state index is 13.1. The summed E-state index contributed by atoms with van der Waals surface area (Å²) in [5.41, 5.74) is 4.67. The van der Waals surface area contributed by atoms with Crippen molar-refractivity contribution in [3.05, 3.63) is 77.7 Å². The fraction of sp³-hybridized carbons (Fsp3) is 0.296. The molecule has 3 aromatic rings. The Bertz CT molecular complexity index is 1240. The van der Waals surface area contributed by atoms with Gasteiger partial charge in [0, 0.05) is 24.6 Å². The van der Waals surface area contributed by atoms with Gasteiger partial charge in [-0.25, -0.2) is 4.79 Å². The molecule has 1 fully saturated rings. The number of likely N-dealkylation sites (tertiary alicyclic amines) is 1. The summed E-state index contributed by atoms with van der Waals surface area (Å²) < 4.78 is 11.0. The van der Waals surface area contributed by atoms with Crippen LogP contribution in [0.1, 0.15) is 47.4 Å². The number of amides is 2. The average Bonchev–Trinajstić information content (AvgIpc) is 3.44. The highest BCUT2D eigenvalue weighted by Gasteiger charge is 2.37. The number of hydrogen-bond donors (Lipinski definition) is 2. The van der Waals surface area contributed by atoms with Crippen LogP contribution in [-0.2, 0) is 9.53 Å². The van der Waals surface area contributed by atoms with Crippen LogP contribution < -0.4 is 5.32 Å². The van der Waals surface area contributed by atoms with Crippen molar-refractivity contribution >= 4 is 23.7 Å². The molecule has 35 heavy (non-hydrogen) atoms. The molecule has 8 nitrogen and oxygen atoms in total. The number of carbonyl (C=O) groups is 3. The van der Waals surface area contributed by atoms with E-state index in [0.29, 0.717) is 19.4 Å². The molecule has 2 heterocycles. The van der Waals surface area contributed by atoms with Crippen LogP contribution in [-0.4, -0.2) is 47.2 Å². The van der Waals surface area contributed by atoms with E-state index < -0.39 is 29.9 Å². The minimum Gasteiger partial charge on any atom is -0.481 e. The van der Waals surface area contributed by atoms with Crippen molar-refractivity contribution in [3.63, 3.8) is 0 Å². The van der Waals surface area contributed by atoms with Gasteiger partial charge in [0.2, 0.25) is 5.76 Å². The number of carbonyl (C=O) groups excluding carboxylic acids is 2. The lowest BCUT2D eigenvalue weighted by Gasteiger charge is -2.37. The van der Waals surface area contributed by atoms with Gasteiger partial charge in [-0.1, -0.05) is 48.5 Å². The van der Waals surface area contributed by atoms with E-state index >= 15 is 0 Å². The molecule has 0 radical (unpaired) electrons. The second kappa shape index (κ2) is 9.29. The highest BCUT2D eigenvalue weighted by molar-refractivity contribution is 6.00. The highest BCUT2D eigenvalue weighted by Crippen LogP contribution is 2.44. The third-order valence-electron chi connectivity index (χ3n) is 7.01. The summed E-state index contributed by atoms with van der Waals surface area (Å²) in [6, 6.07) is 17.1. The summed E-state index contributed by atoms with van der Waals surface area (Å²) in [6.07, 6.45) is 1.72. The number of furan rings is 1. The zero-order valence-electron chi connectivity index (χ0n) is 19.3. The van der Waals surface area contributed by atoms with Gasteiger partial charge in [-0.05, 0) is 42.0 Å². The van der Waals surface area contributed by atoms with Gasteiger partial charge in [0.25, 0.3) is 5.91 Å². The van der Waals surface area contributed by atoms with E-state index in [1.165, 1.54) is 17.2 Å². The summed E-state index contributed by atoms with van der Waals surface area (Å²) in [5.74, 6) is -2.15. The van der Waals surface area contributed by atoms with Gasteiger partial charge in [-0.2, -0.15) is 0 Å². The van der Waals surface area contributed by atoms with Crippen LogP contribution in [0.5, 0.6) is 0 Å². The number of carboxylic acids is 1. The molecule has 180 valence electrons. The first-order chi connectivity index (χ1) is 17.0. The number of piperidine rings is 1.